The van der Waals surface area contributed by atoms with Gasteiger partial charge in [0.25, 0.3) is 0 Å². The van der Waals surface area contributed by atoms with Crippen LogP contribution in [0.2, 0.25) is 0 Å². The van der Waals surface area contributed by atoms with Crippen molar-refractivity contribution in [3.05, 3.63) is 11.1 Å². The number of nitrogens with two attached hydrogens (primary N) is 1. The number of amides is 1. The van der Waals surface area contributed by atoms with Crippen molar-refractivity contribution in [2.45, 2.75) is 19.9 Å². The van der Waals surface area contributed by atoms with E-state index >= 15 is 0 Å². The van der Waals surface area contributed by atoms with Crippen LogP contribution in [0.4, 0.5) is 5.13 Å². The van der Waals surface area contributed by atoms with Gasteiger partial charge in [-0.1, -0.05) is 11.3 Å². The van der Waals surface area contributed by atoms with E-state index in [1.807, 2.05) is 0 Å². The fourth-order valence-corrected chi connectivity index (χ4v) is 1.43. The van der Waals surface area contributed by atoms with Gasteiger partial charge in [-0.15, -0.1) is 12.4 Å². The summed E-state index contributed by atoms with van der Waals surface area (Å²) in [5.74, 6) is -0.377. The largest absolute Gasteiger partial charge is 0.320 e. The Hall–Kier alpha value is -0.980. The number of rotatable bonds is 3. The van der Waals surface area contributed by atoms with Crippen LogP contribution in [0.25, 0.3) is 0 Å². The number of thiazole rings is 1. The van der Waals surface area contributed by atoms with Crippen LogP contribution in [-0.2, 0) is 4.79 Å². The third kappa shape index (κ3) is 3.94. The first-order chi connectivity index (χ1) is 6.50. The van der Waals surface area contributed by atoms with Gasteiger partial charge < -0.3 is 11.1 Å². The Kier molecular flexibility index (Phi) is 5.41. The highest BCUT2D eigenvalue weighted by Gasteiger charge is 2.11. The number of hydrogen-bond acceptors (Lipinski definition) is 5. The van der Waals surface area contributed by atoms with Crippen molar-refractivity contribution in [2.24, 2.45) is 5.73 Å². The van der Waals surface area contributed by atoms with Gasteiger partial charge in [0.2, 0.25) is 5.91 Å². The lowest BCUT2D eigenvalue weighted by Crippen LogP contribution is -2.32. The molecule has 3 N–H and O–H groups in total. The summed E-state index contributed by atoms with van der Waals surface area (Å²) in [6, 6.07) is -0.584. The molecular formula is C8H12ClN3O2S. The summed E-state index contributed by atoms with van der Waals surface area (Å²) < 4.78 is 0. The van der Waals surface area contributed by atoms with Crippen LogP contribution in [0, 0.1) is 0 Å². The number of carbonyl (C=O) groups is 2. The predicted molar refractivity (Wildman–Crippen MR) is 61.6 cm³/mol. The van der Waals surface area contributed by atoms with Crippen LogP contribution >= 0.6 is 23.7 Å². The van der Waals surface area contributed by atoms with Gasteiger partial charge in [0, 0.05) is 6.92 Å². The second kappa shape index (κ2) is 5.79. The maximum atomic E-state index is 11.1. The Morgan fingerprint density at radius 1 is 1.60 bits per heavy atom. The lowest BCUT2D eigenvalue weighted by atomic mass is 10.3. The molecule has 0 saturated heterocycles. The minimum Gasteiger partial charge on any atom is -0.320 e. The van der Waals surface area contributed by atoms with Crippen molar-refractivity contribution in [3.8, 4) is 0 Å². The van der Waals surface area contributed by atoms with E-state index in [0.717, 1.165) is 11.3 Å². The quantitative estimate of drug-likeness (QED) is 0.785. The molecule has 1 aromatic heterocycles. The third-order valence-corrected chi connectivity index (χ3v) is 2.51. The number of aromatic nitrogens is 1. The zero-order valence-corrected chi connectivity index (χ0v) is 9.95. The van der Waals surface area contributed by atoms with Crippen molar-refractivity contribution < 1.29 is 9.59 Å². The second-order valence-corrected chi connectivity index (χ2v) is 3.89. The molecule has 0 bridgehead atoms. The molecule has 0 fully saturated rings. The minimum absolute atomic E-state index is 0. The van der Waals surface area contributed by atoms with Crippen molar-refractivity contribution in [1.29, 1.82) is 0 Å². The minimum atomic E-state index is -0.584. The highest BCUT2D eigenvalue weighted by molar-refractivity contribution is 7.17. The molecule has 1 atom stereocenters. The van der Waals surface area contributed by atoms with Gasteiger partial charge in [-0.05, 0) is 6.92 Å². The summed E-state index contributed by atoms with van der Waals surface area (Å²) >= 11 is 1.14. The topological polar surface area (TPSA) is 85.1 Å². The molecular weight excluding hydrogens is 238 g/mol. The normalized spacial score (nSPS) is 11.4. The fraction of sp³-hybridized carbons (Fsp3) is 0.375. The van der Waals surface area contributed by atoms with Crippen molar-refractivity contribution >= 4 is 40.6 Å². The molecule has 0 radical (unpaired) electrons. The molecule has 1 aromatic rings. The van der Waals surface area contributed by atoms with E-state index < -0.39 is 6.04 Å². The maximum absolute atomic E-state index is 11.1. The Labute approximate surface area is 97.5 Å². The van der Waals surface area contributed by atoms with Crippen LogP contribution < -0.4 is 11.1 Å². The van der Waals surface area contributed by atoms with Crippen molar-refractivity contribution in [1.82, 2.24) is 4.98 Å². The molecule has 1 amide bonds. The monoisotopic (exact) mass is 249 g/mol. The zero-order chi connectivity index (χ0) is 10.7. The first-order valence-corrected chi connectivity index (χ1v) is 4.85. The summed E-state index contributed by atoms with van der Waals surface area (Å²) in [4.78, 5) is 26.4. The summed E-state index contributed by atoms with van der Waals surface area (Å²) in [7, 11) is 0. The van der Waals surface area contributed by atoms with Crippen molar-refractivity contribution in [3.63, 3.8) is 0 Å². The van der Waals surface area contributed by atoms with Gasteiger partial charge in [-0.2, -0.15) is 0 Å². The summed E-state index contributed by atoms with van der Waals surface area (Å²) in [6.07, 6.45) is 1.43. The molecule has 7 heteroatoms. The van der Waals surface area contributed by atoms with Gasteiger partial charge in [0.1, 0.15) is 0 Å². The van der Waals surface area contributed by atoms with Gasteiger partial charge in [0.05, 0.1) is 17.1 Å². The molecule has 0 aliphatic heterocycles. The molecule has 0 unspecified atom stereocenters. The van der Waals surface area contributed by atoms with Crippen LogP contribution in [0.5, 0.6) is 0 Å². The van der Waals surface area contributed by atoms with Crippen LogP contribution in [0.3, 0.4) is 0 Å². The first-order valence-electron chi connectivity index (χ1n) is 4.04. The highest BCUT2D eigenvalue weighted by Crippen LogP contribution is 2.18. The number of carbonyl (C=O) groups excluding carboxylic acids is 2. The average Bonchev–Trinajstić information content (AvgIpc) is 2.52. The van der Waals surface area contributed by atoms with Gasteiger partial charge in [-0.25, -0.2) is 4.98 Å². The summed E-state index contributed by atoms with van der Waals surface area (Å²) in [5, 5.41) is 2.91. The Balaban J connectivity index is 0.00000196. The second-order valence-electron chi connectivity index (χ2n) is 2.86. The fourth-order valence-electron chi connectivity index (χ4n) is 0.714. The summed E-state index contributed by atoms with van der Waals surface area (Å²) in [6.45, 7) is 3.03. The molecule has 0 aromatic carbocycles. The van der Waals surface area contributed by atoms with Gasteiger partial charge in [-0.3, -0.25) is 9.59 Å². The molecule has 5 nitrogen and oxygen atoms in total. The molecule has 0 aliphatic carbocycles. The molecule has 1 heterocycles. The number of ketones is 1. The summed E-state index contributed by atoms with van der Waals surface area (Å²) in [5.41, 5.74) is 5.35. The van der Waals surface area contributed by atoms with E-state index in [-0.39, 0.29) is 24.1 Å². The maximum Gasteiger partial charge on any atom is 0.242 e. The molecule has 0 spiro atoms. The standard InChI is InChI=1S/C8H11N3O2S.ClH/c1-4(9)7(13)11-8-10-3-6(14-8)5(2)12;/h3-4H,9H2,1-2H3,(H,10,11,13);1H/t4-;/m0./s1. The lowest BCUT2D eigenvalue weighted by Gasteiger charge is -2.02. The smallest absolute Gasteiger partial charge is 0.242 e. The van der Waals surface area contributed by atoms with Crippen molar-refractivity contribution in [2.75, 3.05) is 5.32 Å². The molecule has 0 aliphatic rings. The third-order valence-electron chi connectivity index (χ3n) is 1.50. The van der Waals surface area contributed by atoms with Gasteiger partial charge in [0.15, 0.2) is 10.9 Å². The number of hydrogen-bond donors (Lipinski definition) is 2. The van der Waals surface area contributed by atoms with E-state index in [2.05, 4.69) is 10.3 Å². The van der Waals surface area contributed by atoms with E-state index in [4.69, 9.17) is 5.73 Å². The Morgan fingerprint density at radius 3 is 2.60 bits per heavy atom. The molecule has 0 saturated carbocycles. The number of nitrogens with zero attached hydrogens (tertiary/aromatic N) is 1. The van der Waals surface area contributed by atoms with Crippen LogP contribution in [0.15, 0.2) is 6.20 Å². The first kappa shape index (κ1) is 14.0. The predicted octanol–water partition coefficient (Wildman–Crippen LogP) is 1.05. The highest BCUT2D eigenvalue weighted by atomic mass is 35.5. The van der Waals surface area contributed by atoms with E-state index in [1.54, 1.807) is 6.92 Å². The molecule has 1 rings (SSSR count). The van der Waals surface area contributed by atoms with E-state index in [9.17, 15) is 9.59 Å². The van der Waals surface area contributed by atoms with Gasteiger partial charge >= 0.3 is 0 Å². The number of nitrogens with one attached hydrogen (secondary N) is 1. The lowest BCUT2D eigenvalue weighted by molar-refractivity contribution is -0.117. The van der Waals surface area contributed by atoms with E-state index in [0.29, 0.717) is 10.0 Å². The van der Waals surface area contributed by atoms with Crippen LogP contribution in [-0.4, -0.2) is 22.7 Å². The number of halogens is 1. The number of anilines is 1. The Bertz CT molecular complexity index is 365. The van der Waals surface area contributed by atoms with E-state index in [1.165, 1.54) is 13.1 Å². The zero-order valence-electron chi connectivity index (χ0n) is 8.31. The average molecular weight is 250 g/mol. The molecule has 15 heavy (non-hydrogen) atoms. The molecule has 84 valence electrons. The Morgan fingerprint density at radius 2 is 2.20 bits per heavy atom. The SMILES string of the molecule is CC(=O)c1cnc(NC(=O)[C@H](C)N)s1.Cl. The van der Waals surface area contributed by atoms with Crippen LogP contribution in [0.1, 0.15) is 23.5 Å². The number of Topliss-reactive ketones (excluding diaryl/α,β-unsaturated/α-hetero) is 1.